The highest BCUT2D eigenvalue weighted by Gasteiger charge is 2.40. The Morgan fingerprint density at radius 2 is 1.44 bits per heavy atom. The molecule has 5 amide bonds. The number of rotatable bonds is 17. The highest BCUT2D eigenvalue weighted by Crippen LogP contribution is 2.31. The number of nitrogens with zero attached hydrogens (tertiary/aromatic N) is 3. The van der Waals surface area contributed by atoms with Gasteiger partial charge in [0.15, 0.2) is 0 Å². The van der Waals surface area contributed by atoms with E-state index in [0.29, 0.717) is 69.3 Å². The fourth-order valence-corrected chi connectivity index (χ4v) is 8.32. The average molecular weight is 754 g/mol. The van der Waals surface area contributed by atoms with Crippen molar-refractivity contribution in [3.8, 4) is 0 Å². The molecule has 2 N–H and O–H groups in total. The SMILES string of the molecule is CCN(CC)CC(=O)SC(CCCCN1C(=O)c2ccccc2C1=O)C(=O)N[C@H]1C[C@@H](c2ccccc2)CCN([C@@H](Cc2ccccc2)C(=O)NC)C1=O. The maximum absolute atomic E-state index is 14.5. The quantitative estimate of drug-likeness (QED) is 0.150. The van der Waals surface area contributed by atoms with E-state index in [9.17, 15) is 28.8 Å². The van der Waals surface area contributed by atoms with Crippen molar-refractivity contribution in [2.75, 3.05) is 39.8 Å². The third-order valence-electron chi connectivity index (χ3n) is 10.4. The van der Waals surface area contributed by atoms with Crippen molar-refractivity contribution in [3.05, 3.63) is 107 Å². The lowest BCUT2D eigenvalue weighted by molar-refractivity contribution is -0.142. The van der Waals surface area contributed by atoms with Gasteiger partial charge in [-0.3, -0.25) is 38.6 Å². The van der Waals surface area contributed by atoms with E-state index in [0.717, 1.165) is 22.9 Å². The minimum atomic E-state index is -0.938. The fraction of sp³-hybridized carbons (Fsp3) is 0.429. The van der Waals surface area contributed by atoms with Gasteiger partial charge >= 0.3 is 0 Å². The number of carbonyl (C=O) groups is 6. The first kappa shape index (κ1) is 40.4. The zero-order valence-electron chi connectivity index (χ0n) is 31.4. The monoisotopic (exact) mass is 753 g/mol. The van der Waals surface area contributed by atoms with Gasteiger partial charge in [-0.05, 0) is 68.0 Å². The summed E-state index contributed by atoms with van der Waals surface area (Å²) in [7, 11) is 1.56. The van der Waals surface area contributed by atoms with Gasteiger partial charge in [-0.1, -0.05) is 105 Å². The molecule has 0 aliphatic carbocycles. The summed E-state index contributed by atoms with van der Waals surface area (Å²) in [6.07, 6.45) is 2.45. The third-order valence-corrected chi connectivity index (χ3v) is 11.5. The number of benzene rings is 3. The van der Waals surface area contributed by atoms with Crippen molar-refractivity contribution in [3.63, 3.8) is 0 Å². The maximum Gasteiger partial charge on any atom is 0.261 e. The zero-order valence-corrected chi connectivity index (χ0v) is 32.2. The Morgan fingerprint density at radius 3 is 2.06 bits per heavy atom. The summed E-state index contributed by atoms with van der Waals surface area (Å²) in [6, 6.07) is 24.4. The molecular weight excluding hydrogens is 703 g/mol. The number of thioether (sulfide) groups is 1. The van der Waals surface area contributed by atoms with Crippen molar-refractivity contribution in [1.82, 2.24) is 25.3 Å². The largest absolute Gasteiger partial charge is 0.357 e. The third kappa shape index (κ3) is 10.0. The van der Waals surface area contributed by atoms with Gasteiger partial charge < -0.3 is 15.5 Å². The Morgan fingerprint density at radius 1 is 0.833 bits per heavy atom. The van der Waals surface area contributed by atoms with Crippen LogP contribution in [0.2, 0.25) is 0 Å². The number of hydrogen-bond acceptors (Lipinski definition) is 8. The number of likely N-dealkylation sites (tertiary alicyclic amines) is 1. The summed E-state index contributed by atoms with van der Waals surface area (Å²) in [5.74, 6) is -1.79. The Hall–Kier alpha value is -4.81. The van der Waals surface area contributed by atoms with Gasteiger partial charge in [-0.15, -0.1) is 0 Å². The summed E-state index contributed by atoms with van der Waals surface area (Å²) in [5.41, 5.74) is 2.72. The normalized spacial score (nSPS) is 18.3. The summed E-state index contributed by atoms with van der Waals surface area (Å²) >= 11 is 0.966. The van der Waals surface area contributed by atoms with Crippen LogP contribution in [0.15, 0.2) is 84.9 Å². The van der Waals surface area contributed by atoms with Crippen LogP contribution in [0.4, 0.5) is 0 Å². The van der Waals surface area contributed by atoms with Gasteiger partial charge in [-0.2, -0.15) is 0 Å². The van der Waals surface area contributed by atoms with Crippen LogP contribution in [0.5, 0.6) is 0 Å². The molecule has 0 bridgehead atoms. The van der Waals surface area contributed by atoms with Gasteiger partial charge in [0.2, 0.25) is 22.8 Å². The Bertz CT molecular complexity index is 1750. The van der Waals surface area contributed by atoms with Crippen molar-refractivity contribution in [1.29, 1.82) is 0 Å². The van der Waals surface area contributed by atoms with Crippen LogP contribution in [0.1, 0.15) is 83.7 Å². The van der Waals surface area contributed by atoms with Crippen LogP contribution < -0.4 is 10.6 Å². The number of likely N-dealkylation sites (N-methyl/N-ethyl adjacent to an activating group) is 2. The number of imide groups is 1. The first-order chi connectivity index (χ1) is 26.1. The smallest absolute Gasteiger partial charge is 0.261 e. The van der Waals surface area contributed by atoms with Gasteiger partial charge in [0.05, 0.1) is 22.9 Å². The molecule has 4 atom stereocenters. The number of hydrogen-bond donors (Lipinski definition) is 2. The van der Waals surface area contributed by atoms with Crippen molar-refractivity contribution in [2.24, 2.45) is 0 Å². The Kier molecular flexibility index (Phi) is 14.6. The molecule has 54 heavy (non-hydrogen) atoms. The van der Waals surface area contributed by atoms with E-state index in [-0.39, 0.29) is 47.8 Å². The second-order valence-corrected chi connectivity index (χ2v) is 15.0. The van der Waals surface area contributed by atoms with Crippen LogP contribution in [-0.2, 0) is 25.6 Å². The minimum Gasteiger partial charge on any atom is -0.357 e. The highest BCUT2D eigenvalue weighted by atomic mass is 32.2. The van der Waals surface area contributed by atoms with Crippen LogP contribution >= 0.6 is 11.8 Å². The fourth-order valence-electron chi connectivity index (χ4n) is 7.29. The Balaban J connectivity index is 1.35. The van der Waals surface area contributed by atoms with Crippen LogP contribution in [0.25, 0.3) is 0 Å². The molecule has 5 rings (SSSR count). The van der Waals surface area contributed by atoms with E-state index in [4.69, 9.17) is 0 Å². The lowest BCUT2D eigenvalue weighted by Gasteiger charge is -2.32. The molecule has 1 saturated heterocycles. The van der Waals surface area contributed by atoms with Crippen LogP contribution in [-0.4, -0.2) is 106 Å². The van der Waals surface area contributed by atoms with Crippen LogP contribution in [0, 0.1) is 0 Å². The predicted molar refractivity (Wildman–Crippen MR) is 210 cm³/mol. The number of nitrogens with one attached hydrogen (secondary N) is 2. The molecule has 2 aliphatic heterocycles. The van der Waals surface area contributed by atoms with E-state index in [1.807, 2.05) is 79.4 Å². The van der Waals surface area contributed by atoms with E-state index in [1.165, 1.54) is 4.90 Å². The van der Waals surface area contributed by atoms with E-state index >= 15 is 0 Å². The number of unbranched alkanes of at least 4 members (excludes halogenated alkanes) is 1. The summed E-state index contributed by atoms with van der Waals surface area (Å²) < 4.78 is 0. The highest BCUT2D eigenvalue weighted by molar-refractivity contribution is 8.14. The van der Waals surface area contributed by atoms with Crippen LogP contribution in [0.3, 0.4) is 0 Å². The first-order valence-corrected chi connectivity index (χ1v) is 19.8. The van der Waals surface area contributed by atoms with E-state index < -0.39 is 23.2 Å². The lowest BCUT2D eigenvalue weighted by Crippen LogP contribution is -2.56. The minimum absolute atomic E-state index is 0.0671. The molecule has 11 nitrogen and oxygen atoms in total. The van der Waals surface area contributed by atoms with E-state index in [1.54, 1.807) is 36.2 Å². The van der Waals surface area contributed by atoms with Crippen molar-refractivity contribution >= 4 is 46.4 Å². The molecule has 12 heteroatoms. The molecule has 2 heterocycles. The first-order valence-electron chi connectivity index (χ1n) is 18.9. The zero-order chi connectivity index (χ0) is 38.6. The second kappa shape index (κ2) is 19.5. The number of amides is 5. The molecule has 1 fully saturated rings. The standard InChI is InChI=1S/C42H51N5O6S/c1-4-45(5-2)28-37(48)54-36(22-14-15-24-47-40(51)32-20-12-13-21-33(32)41(47)52)39(50)44-34-27-31(30-18-10-7-11-19-30)23-25-46(42(34)53)35(38(49)43-3)26-29-16-8-6-9-17-29/h6-13,16-21,31,34-36H,4-5,14-15,22-28H2,1-3H3,(H,43,49)(H,44,50)/t31-,34-,35-,36?/m0/s1. The molecular formula is C42H51N5O6S. The van der Waals surface area contributed by atoms with Gasteiger partial charge in [0.25, 0.3) is 11.8 Å². The number of fused-ring (bicyclic) bond motifs is 1. The molecule has 2 aliphatic rings. The summed E-state index contributed by atoms with van der Waals surface area (Å²) in [5, 5.41) is 4.81. The molecule has 0 spiro atoms. The predicted octanol–water partition coefficient (Wildman–Crippen LogP) is 4.67. The van der Waals surface area contributed by atoms with Gasteiger partial charge in [-0.25, -0.2) is 0 Å². The van der Waals surface area contributed by atoms with Crippen molar-refractivity contribution < 1.29 is 28.8 Å². The van der Waals surface area contributed by atoms with Gasteiger partial charge in [0.1, 0.15) is 12.1 Å². The summed E-state index contributed by atoms with van der Waals surface area (Å²) in [4.78, 5) is 86.2. The molecule has 3 aromatic carbocycles. The molecule has 0 saturated carbocycles. The summed E-state index contributed by atoms with van der Waals surface area (Å²) in [6.45, 7) is 6.01. The molecule has 1 unspecified atom stereocenters. The molecule has 0 aromatic heterocycles. The Labute approximate surface area is 322 Å². The topological polar surface area (TPSA) is 136 Å². The van der Waals surface area contributed by atoms with E-state index in [2.05, 4.69) is 10.6 Å². The van der Waals surface area contributed by atoms with Crippen molar-refractivity contribution in [2.45, 2.75) is 75.6 Å². The lowest BCUT2D eigenvalue weighted by atomic mass is 9.90. The second-order valence-electron chi connectivity index (χ2n) is 13.8. The molecule has 0 radical (unpaired) electrons. The average Bonchev–Trinajstić information content (AvgIpc) is 3.32. The molecule has 286 valence electrons. The maximum atomic E-state index is 14.5. The number of carbonyl (C=O) groups excluding carboxylic acids is 6. The van der Waals surface area contributed by atoms with Gasteiger partial charge in [0, 0.05) is 26.6 Å². The molecule has 3 aromatic rings.